The Morgan fingerprint density at radius 2 is 0.871 bits per heavy atom. The molecule has 2 N–H and O–H groups in total. The van der Waals surface area contributed by atoms with Crippen LogP contribution >= 0.6 is 0 Å². The largest absolute Gasteiger partial charge is 1.00 e. The van der Waals surface area contributed by atoms with E-state index in [9.17, 15) is 0 Å². The Labute approximate surface area is 201 Å². The van der Waals surface area contributed by atoms with Crippen molar-refractivity contribution in [2.75, 3.05) is 53.1 Å². The highest BCUT2D eigenvalue weighted by Crippen LogP contribution is 2.13. The summed E-state index contributed by atoms with van der Waals surface area (Å²) < 4.78 is 6.50. The molecule has 31 heavy (non-hydrogen) atoms. The number of unbranched alkanes of at least 4 members (excludes halogenated alkanes) is 15. The van der Waals surface area contributed by atoms with E-state index in [1.807, 2.05) is 0 Å². The Bertz CT molecular complexity index is 326. The van der Waals surface area contributed by atoms with Gasteiger partial charge in [-0.15, -0.1) is 0 Å². The first-order chi connectivity index (χ1) is 14.7. The lowest BCUT2D eigenvalue weighted by Gasteiger charge is -2.33. The van der Waals surface area contributed by atoms with Crippen LogP contribution in [0.4, 0.5) is 0 Å². The van der Waals surface area contributed by atoms with Crippen molar-refractivity contribution in [1.29, 1.82) is 0 Å². The van der Waals surface area contributed by atoms with Gasteiger partial charge in [0, 0.05) is 13.0 Å². The van der Waals surface area contributed by atoms with Gasteiger partial charge < -0.3 is 31.8 Å². The predicted octanol–water partition coefficient (Wildman–Crippen LogP) is 3.09. The standard InChI is InChI=1S/C26H56NO3.ClH/c1-3-4-5-6-7-8-9-10-11-12-13-14-15-16-17-18-25-30-26-19-20-27(2,21-23-28)22-24-29;/h28-29H,3-26H2,1-2H3;1H/q+1;/p-1. The van der Waals surface area contributed by atoms with Crippen molar-refractivity contribution in [2.24, 2.45) is 0 Å². The third-order valence-corrected chi connectivity index (χ3v) is 6.41. The second-order valence-corrected chi connectivity index (χ2v) is 9.51. The van der Waals surface area contributed by atoms with E-state index >= 15 is 0 Å². The molecule has 5 heteroatoms. The fourth-order valence-electron chi connectivity index (χ4n) is 4.22. The molecule has 0 aromatic carbocycles. The van der Waals surface area contributed by atoms with Gasteiger partial charge in [-0.05, 0) is 6.42 Å². The maximum absolute atomic E-state index is 9.17. The summed E-state index contributed by atoms with van der Waals surface area (Å²) in [7, 11) is 2.10. The molecule has 0 atom stereocenters. The molecule has 0 spiro atoms. The number of nitrogens with zero attached hydrogens (tertiary/aromatic N) is 1. The van der Waals surface area contributed by atoms with Gasteiger partial charge in [-0.25, -0.2) is 0 Å². The van der Waals surface area contributed by atoms with Gasteiger partial charge >= 0.3 is 0 Å². The topological polar surface area (TPSA) is 49.7 Å². The molecular formula is C26H56ClNO3. The van der Waals surface area contributed by atoms with Crippen LogP contribution in [-0.2, 0) is 4.74 Å². The second-order valence-electron chi connectivity index (χ2n) is 9.51. The first-order valence-electron chi connectivity index (χ1n) is 13.3. The number of hydrogen-bond acceptors (Lipinski definition) is 3. The number of aliphatic hydroxyl groups excluding tert-OH is 2. The van der Waals surface area contributed by atoms with Crippen LogP contribution in [0, 0.1) is 0 Å². The van der Waals surface area contributed by atoms with Crippen molar-refractivity contribution in [2.45, 2.75) is 116 Å². The van der Waals surface area contributed by atoms with Crippen LogP contribution in [0.15, 0.2) is 0 Å². The number of quaternary nitrogens is 1. The third kappa shape index (κ3) is 24.6. The molecule has 0 saturated heterocycles. The van der Waals surface area contributed by atoms with Crippen molar-refractivity contribution in [3.8, 4) is 0 Å². The summed E-state index contributed by atoms with van der Waals surface area (Å²) in [6.45, 7) is 6.69. The summed E-state index contributed by atoms with van der Waals surface area (Å²) in [5.74, 6) is 0. The lowest BCUT2D eigenvalue weighted by atomic mass is 10.0. The number of hydrogen-bond donors (Lipinski definition) is 2. The van der Waals surface area contributed by atoms with E-state index in [1.54, 1.807) is 0 Å². The second kappa shape index (κ2) is 26.4. The highest BCUT2D eigenvalue weighted by atomic mass is 35.5. The number of likely N-dealkylation sites (N-methyl/N-ethyl adjacent to an activating group) is 1. The summed E-state index contributed by atoms with van der Waals surface area (Å²) in [5, 5.41) is 18.3. The molecule has 0 aromatic heterocycles. The van der Waals surface area contributed by atoms with Gasteiger partial charge in [-0.2, -0.15) is 0 Å². The summed E-state index contributed by atoms with van der Waals surface area (Å²) in [4.78, 5) is 0. The van der Waals surface area contributed by atoms with Gasteiger partial charge in [0.05, 0.1) is 33.4 Å². The minimum Gasteiger partial charge on any atom is -1.00 e. The zero-order valence-electron chi connectivity index (χ0n) is 21.1. The van der Waals surface area contributed by atoms with Gasteiger partial charge in [-0.1, -0.05) is 103 Å². The first-order valence-corrected chi connectivity index (χ1v) is 13.3. The van der Waals surface area contributed by atoms with Crippen LogP contribution in [-0.4, -0.2) is 67.8 Å². The van der Waals surface area contributed by atoms with Gasteiger partial charge in [-0.3, -0.25) is 0 Å². The first kappa shape index (κ1) is 33.3. The Hall–Kier alpha value is 0.130. The number of rotatable bonds is 25. The van der Waals surface area contributed by atoms with Gasteiger partial charge in [0.25, 0.3) is 0 Å². The SMILES string of the molecule is CCCCCCCCCCCCCCCCCCOCCC[N+](C)(CCO)CCO.[Cl-]. The van der Waals surface area contributed by atoms with E-state index in [-0.39, 0.29) is 25.6 Å². The average molecular weight is 466 g/mol. The molecule has 0 aliphatic carbocycles. The number of halogens is 1. The highest BCUT2D eigenvalue weighted by molar-refractivity contribution is 4.50. The van der Waals surface area contributed by atoms with Gasteiger partial charge in [0.15, 0.2) is 0 Å². The smallest absolute Gasteiger partial charge is 0.102 e. The van der Waals surface area contributed by atoms with E-state index in [2.05, 4.69) is 14.0 Å². The summed E-state index contributed by atoms with van der Waals surface area (Å²) in [5.41, 5.74) is 0. The van der Waals surface area contributed by atoms with Crippen molar-refractivity contribution < 1.29 is 31.8 Å². The van der Waals surface area contributed by atoms with Crippen molar-refractivity contribution >= 4 is 0 Å². The Kier molecular flexibility index (Phi) is 28.3. The maximum Gasteiger partial charge on any atom is 0.102 e. The molecule has 0 bridgehead atoms. The summed E-state index contributed by atoms with van der Waals surface area (Å²) >= 11 is 0. The molecule has 190 valence electrons. The zero-order chi connectivity index (χ0) is 22.2. The van der Waals surface area contributed by atoms with Crippen LogP contribution in [0.1, 0.15) is 116 Å². The quantitative estimate of drug-likeness (QED) is 0.161. The fraction of sp³-hybridized carbons (Fsp3) is 1.00. The minimum absolute atomic E-state index is 0. The van der Waals surface area contributed by atoms with Gasteiger partial charge in [0.1, 0.15) is 13.1 Å². The molecule has 0 fully saturated rings. The lowest BCUT2D eigenvalue weighted by Crippen LogP contribution is -3.00. The van der Waals surface area contributed by atoms with Crippen LogP contribution in [0.2, 0.25) is 0 Å². The summed E-state index contributed by atoms with van der Waals surface area (Å²) in [6, 6.07) is 0. The molecule has 0 saturated carbocycles. The number of ether oxygens (including phenoxy) is 1. The molecule has 0 aliphatic heterocycles. The average Bonchev–Trinajstić information content (AvgIpc) is 2.72. The Morgan fingerprint density at radius 1 is 0.516 bits per heavy atom. The molecule has 0 amide bonds. The van der Waals surface area contributed by atoms with Gasteiger partial charge in [0.2, 0.25) is 0 Å². The van der Waals surface area contributed by atoms with E-state index < -0.39 is 0 Å². The highest BCUT2D eigenvalue weighted by Gasteiger charge is 2.19. The zero-order valence-corrected chi connectivity index (χ0v) is 21.9. The third-order valence-electron chi connectivity index (χ3n) is 6.41. The maximum atomic E-state index is 9.17. The van der Waals surface area contributed by atoms with Crippen LogP contribution < -0.4 is 12.4 Å². The van der Waals surface area contributed by atoms with Crippen LogP contribution in [0.5, 0.6) is 0 Å². The van der Waals surface area contributed by atoms with Crippen LogP contribution in [0.25, 0.3) is 0 Å². The molecule has 0 unspecified atom stereocenters. The summed E-state index contributed by atoms with van der Waals surface area (Å²) in [6.07, 6.45) is 23.4. The molecular weight excluding hydrogens is 410 g/mol. The monoisotopic (exact) mass is 465 g/mol. The predicted molar refractivity (Wildman–Crippen MR) is 130 cm³/mol. The Balaban J connectivity index is 0. The minimum atomic E-state index is 0. The van der Waals surface area contributed by atoms with E-state index in [0.717, 1.165) is 30.7 Å². The van der Waals surface area contributed by atoms with E-state index in [0.29, 0.717) is 13.1 Å². The molecule has 0 rings (SSSR count). The number of aliphatic hydroxyl groups is 2. The van der Waals surface area contributed by atoms with E-state index in [4.69, 9.17) is 14.9 Å². The molecule has 0 radical (unpaired) electrons. The fourth-order valence-corrected chi connectivity index (χ4v) is 4.22. The lowest BCUT2D eigenvalue weighted by molar-refractivity contribution is -0.910. The van der Waals surface area contributed by atoms with Crippen molar-refractivity contribution in [3.05, 3.63) is 0 Å². The van der Waals surface area contributed by atoms with Crippen molar-refractivity contribution in [1.82, 2.24) is 0 Å². The van der Waals surface area contributed by atoms with Crippen molar-refractivity contribution in [3.63, 3.8) is 0 Å². The van der Waals surface area contributed by atoms with Crippen LogP contribution in [0.3, 0.4) is 0 Å². The molecule has 0 aliphatic rings. The van der Waals surface area contributed by atoms with E-state index in [1.165, 1.54) is 103 Å². The molecule has 0 heterocycles. The Morgan fingerprint density at radius 3 is 1.26 bits per heavy atom. The molecule has 4 nitrogen and oxygen atoms in total. The normalized spacial score (nSPS) is 11.6. The molecule has 0 aromatic rings.